The number of hydrogen-bond donors (Lipinski definition) is 1. The number of amides is 1. The second-order valence-electron chi connectivity index (χ2n) is 6.79. The highest BCUT2D eigenvalue weighted by molar-refractivity contribution is 6.12. The van der Waals surface area contributed by atoms with Gasteiger partial charge in [-0.05, 0) is 49.4 Å². The maximum atomic E-state index is 12.9. The molecule has 1 N–H and O–H groups in total. The van der Waals surface area contributed by atoms with Crippen LogP contribution in [0.4, 0.5) is 5.69 Å². The predicted octanol–water partition coefficient (Wildman–Crippen LogP) is 4.24. The molecule has 0 saturated heterocycles. The maximum absolute atomic E-state index is 12.9. The standard InChI is InChI=1S/C23H21N3O4/c1-14-6-8-18(25-22(27)15-7-9-19(28-2)20(12-15)29-3)17(11-14)23-26-21-13-16(30-23)5-4-10-24-21/h4-12H,13H2,1-3H3,(H,25,27). The Morgan fingerprint density at radius 1 is 1.10 bits per heavy atom. The van der Waals surface area contributed by atoms with Gasteiger partial charge in [-0.25, -0.2) is 4.99 Å². The lowest BCUT2D eigenvalue weighted by molar-refractivity contribution is 0.102. The Balaban J connectivity index is 1.66. The first-order valence-electron chi connectivity index (χ1n) is 9.40. The van der Waals surface area contributed by atoms with Gasteiger partial charge in [0, 0.05) is 11.8 Å². The molecule has 2 heterocycles. The van der Waals surface area contributed by atoms with Crippen LogP contribution in [0.25, 0.3) is 0 Å². The highest BCUT2D eigenvalue weighted by Crippen LogP contribution is 2.29. The number of aliphatic imine (C=N–C) groups is 2. The summed E-state index contributed by atoms with van der Waals surface area (Å²) in [7, 11) is 3.08. The van der Waals surface area contributed by atoms with Crippen molar-refractivity contribution in [3.63, 3.8) is 0 Å². The lowest BCUT2D eigenvalue weighted by atomic mass is 10.1. The summed E-state index contributed by atoms with van der Waals surface area (Å²) in [5.74, 6) is 2.58. The summed E-state index contributed by atoms with van der Waals surface area (Å²) in [5.41, 5.74) is 2.73. The second kappa shape index (κ2) is 8.24. The number of carbonyl (C=O) groups is 1. The summed E-state index contributed by atoms with van der Waals surface area (Å²) in [6, 6.07) is 10.7. The molecule has 0 unspecified atom stereocenters. The van der Waals surface area contributed by atoms with Crippen LogP contribution in [-0.4, -0.2) is 31.9 Å². The number of methoxy groups -OCH3 is 2. The first-order valence-corrected chi connectivity index (χ1v) is 9.40. The largest absolute Gasteiger partial charge is 0.493 e. The average molecular weight is 403 g/mol. The Kier molecular flexibility index (Phi) is 5.34. The minimum atomic E-state index is -0.284. The van der Waals surface area contributed by atoms with Gasteiger partial charge in [0.2, 0.25) is 5.90 Å². The number of allylic oxidation sites excluding steroid dienone is 2. The highest BCUT2D eigenvalue weighted by Gasteiger charge is 2.22. The number of fused-ring (bicyclic) bond motifs is 2. The topological polar surface area (TPSA) is 81.5 Å². The quantitative estimate of drug-likeness (QED) is 0.810. The predicted molar refractivity (Wildman–Crippen MR) is 116 cm³/mol. The minimum absolute atomic E-state index is 0.284. The molecule has 0 atom stereocenters. The molecule has 2 aromatic rings. The molecule has 4 rings (SSSR count). The van der Waals surface area contributed by atoms with Gasteiger partial charge in [-0.1, -0.05) is 11.6 Å². The number of carbonyl (C=O) groups excluding carboxylic acids is 1. The average Bonchev–Trinajstić information content (AvgIpc) is 2.93. The fourth-order valence-electron chi connectivity index (χ4n) is 3.17. The maximum Gasteiger partial charge on any atom is 0.255 e. The van der Waals surface area contributed by atoms with Crippen LogP contribution < -0.4 is 14.8 Å². The van der Waals surface area contributed by atoms with Gasteiger partial charge in [0.15, 0.2) is 11.5 Å². The zero-order chi connectivity index (χ0) is 21.1. The summed E-state index contributed by atoms with van der Waals surface area (Å²) >= 11 is 0. The van der Waals surface area contributed by atoms with Crippen molar-refractivity contribution in [3.05, 3.63) is 77.2 Å². The molecule has 30 heavy (non-hydrogen) atoms. The van der Waals surface area contributed by atoms with Crippen LogP contribution >= 0.6 is 0 Å². The van der Waals surface area contributed by atoms with Crippen molar-refractivity contribution in [1.29, 1.82) is 0 Å². The molecule has 1 amide bonds. The number of ether oxygens (including phenoxy) is 3. The fourth-order valence-corrected chi connectivity index (χ4v) is 3.17. The van der Waals surface area contributed by atoms with E-state index in [-0.39, 0.29) is 5.91 Å². The summed E-state index contributed by atoms with van der Waals surface area (Å²) in [6.07, 6.45) is 5.91. The first kappa shape index (κ1) is 19.4. The lowest BCUT2D eigenvalue weighted by Gasteiger charge is -2.19. The van der Waals surface area contributed by atoms with Gasteiger partial charge in [0.05, 0.1) is 31.9 Å². The van der Waals surface area contributed by atoms with Crippen molar-refractivity contribution in [2.45, 2.75) is 13.3 Å². The second-order valence-corrected chi connectivity index (χ2v) is 6.79. The van der Waals surface area contributed by atoms with Crippen molar-refractivity contribution >= 4 is 23.3 Å². The van der Waals surface area contributed by atoms with Crippen LogP contribution in [0.2, 0.25) is 0 Å². The number of nitrogens with one attached hydrogen (secondary N) is 1. The summed E-state index contributed by atoms with van der Waals surface area (Å²) in [6.45, 7) is 1.97. The molecule has 2 bridgehead atoms. The molecule has 2 aromatic carbocycles. The summed E-state index contributed by atoms with van der Waals surface area (Å²) in [5, 5.41) is 2.95. The Labute approximate surface area is 174 Å². The molecular weight excluding hydrogens is 382 g/mol. The lowest BCUT2D eigenvalue weighted by Crippen LogP contribution is -2.20. The molecule has 0 radical (unpaired) electrons. The summed E-state index contributed by atoms with van der Waals surface area (Å²) < 4.78 is 16.5. The normalized spacial score (nSPS) is 14.6. The molecule has 0 aliphatic carbocycles. The van der Waals surface area contributed by atoms with E-state index < -0.39 is 0 Å². The molecule has 0 fully saturated rings. The van der Waals surface area contributed by atoms with Crippen molar-refractivity contribution in [1.82, 2.24) is 0 Å². The van der Waals surface area contributed by atoms with Gasteiger partial charge in [0.25, 0.3) is 5.91 Å². The number of anilines is 1. The zero-order valence-corrected chi connectivity index (χ0v) is 16.9. The number of hydrogen-bond acceptors (Lipinski definition) is 6. The number of amidine groups is 1. The number of nitrogens with zero attached hydrogens (tertiary/aromatic N) is 2. The fraction of sp³-hybridized carbons (Fsp3) is 0.174. The summed E-state index contributed by atoms with van der Waals surface area (Å²) in [4.78, 5) is 21.8. The molecule has 0 aromatic heterocycles. The van der Waals surface area contributed by atoms with Crippen LogP contribution in [0.1, 0.15) is 27.9 Å². The van der Waals surface area contributed by atoms with Gasteiger partial charge in [0.1, 0.15) is 11.6 Å². The van der Waals surface area contributed by atoms with Crippen molar-refractivity contribution in [3.8, 4) is 11.5 Å². The van der Waals surface area contributed by atoms with E-state index >= 15 is 0 Å². The molecule has 7 heteroatoms. The van der Waals surface area contributed by atoms with E-state index in [4.69, 9.17) is 14.2 Å². The molecule has 152 valence electrons. The van der Waals surface area contributed by atoms with Crippen LogP contribution in [0.3, 0.4) is 0 Å². The highest BCUT2D eigenvalue weighted by atomic mass is 16.5. The van der Waals surface area contributed by atoms with Crippen LogP contribution in [-0.2, 0) is 4.74 Å². The number of rotatable bonds is 5. The molecule has 2 aliphatic rings. The van der Waals surface area contributed by atoms with Crippen LogP contribution in [0.15, 0.2) is 70.5 Å². The van der Waals surface area contributed by atoms with E-state index in [1.807, 2.05) is 37.3 Å². The Bertz CT molecular complexity index is 1130. The van der Waals surface area contributed by atoms with E-state index in [1.165, 1.54) is 7.11 Å². The first-order chi connectivity index (χ1) is 14.6. The van der Waals surface area contributed by atoms with Crippen molar-refractivity contribution in [2.24, 2.45) is 9.98 Å². The molecule has 7 nitrogen and oxygen atoms in total. The van der Waals surface area contributed by atoms with Crippen molar-refractivity contribution in [2.75, 3.05) is 19.5 Å². The van der Waals surface area contributed by atoms with E-state index in [1.54, 1.807) is 31.5 Å². The van der Waals surface area contributed by atoms with E-state index in [0.29, 0.717) is 46.5 Å². The van der Waals surface area contributed by atoms with E-state index in [2.05, 4.69) is 15.3 Å². The van der Waals surface area contributed by atoms with E-state index in [9.17, 15) is 4.79 Å². The third-order valence-corrected chi connectivity index (χ3v) is 4.68. The van der Waals surface area contributed by atoms with Gasteiger partial charge < -0.3 is 19.5 Å². The third-order valence-electron chi connectivity index (χ3n) is 4.68. The molecule has 0 saturated carbocycles. The van der Waals surface area contributed by atoms with E-state index in [0.717, 1.165) is 11.3 Å². The van der Waals surface area contributed by atoms with Gasteiger partial charge in [-0.3, -0.25) is 4.79 Å². The molecule has 0 spiro atoms. The van der Waals surface area contributed by atoms with Gasteiger partial charge in [-0.2, -0.15) is 4.99 Å². The molecule has 2 aliphatic heterocycles. The SMILES string of the molecule is COc1ccc(C(=O)Nc2ccc(C)cc2C2=NC3=NC=CC=C(C3)O2)cc1OC. The molecular formula is C23H21N3O4. The zero-order valence-electron chi connectivity index (χ0n) is 16.9. The Morgan fingerprint density at radius 2 is 1.93 bits per heavy atom. The number of aryl methyl sites for hydroxylation is 1. The monoisotopic (exact) mass is 403 g/mol. The van der Waals surface area contributed by atoms with Crippen molar-refractivity contribution < 1.29 is 19.0 Å². The van der Waals surface area contributed by atoms with Crippen LogP contribution in [0, 0.1) is 6.92 Å². The Morgan fingerprint density at radius 3 is 2.73 bits per heavy atom. The van der Waals surface area contributed by atoms with Gasteiger partial charge >= 0.3 is 0 Å². The van der Waals surface area contributed by atoms with Gasteiger partial charge in [-0.15, -0.1) is 0 Å². The van der Waals surface area contributed by atoms with Crippen LogP contribution in [0.5, 0.6) is 11.5 Å². The smallest absolute Gasteiger partial charge is 0.255 e. The number of benzene rings is 2. The Hall–Kier alpha value is -3.87. The third kappa shape index (κ3) is 3.96. The minimum Gasteiger partial charge on any atom is -0.493 e.